The van der Waals surface area contributed by atoms with Gasteiger partial charge in [-0.3, -0.25) is 4.79 Å². The minimum Gasteiger partial charge on any atom is -0.364 e. The van der Waals surface area contributed by atoms with E-state index in [-0.39, 0.29) is 11.4 Å². The number of carbonyl (C=O) groups is 1. The Balaban J connectivity index is 1.56. The van der Waals surface area contributed by atoms with Crippen LogP contribution in [0, 0.1) is 0 Å². The van der Waals surface area contributed by atoms with Crippen molar-refractivity contribution in [3.8, 4) is 11.3 Å². The summed E-state index contributed by atoms with van der Waals surface area (Å²) in [6.45, 7) is 13.4. The molecule has 9 heteroatoms. The quantitative estimate of drug-likeness (QED) is 0.615. The smallest absolute Gasteiger partial charge is 0.242 e. The Hall–Kier alpha value is -2.65. The van der Waals surface area contributed by atoms with Gasteiger partial charge in [-0.15, -0.1) is 5.10 Å². The molecule has 0 atom stereocenters. The summed E-state index contributed by atoms with van der Waals surface area (Å²) in [6.07, 6.45) is 0. The topological polar surface area (TPSA) is 69.0 Å². The predicted molar refractivity (Wildman–Crippen MR) is 132 cm³/mol. The molecule has 1 aliphatic heterocycles. The molecule has 1 amide bonds. The lowest BCUT2D eigenvalue weighted by Crippen LogP contribution is -2.50. The van der Waals surface area contributed by atoms with Crippen LogP contribution in [0.1, 0.15) is 27.7 Å². The van der Waals surface area contributed by atoms with Gasteiger partial charge < -0.3 is 20.0 Å². The summed E-state index contributed by atoms with van der Waals surface area (Å²) in [5, 5.41) is 9.18. The van der Waals surface area contributed by atoms with Gasteiger partial charge in [0, 0.05) is 44.3 Å². The van der Waals surface area contributed by atoms with Crippen molar-refractivity contribution in [2.75, 3.05) is 56.5 Å². The average molecular weight is 456 g/mol. The van der Waals surface area contributed by atoms with Gasteiger partial charge in [0.15, 0.2) is 5.82 Å². The van der Waals surface area contributed by atoms with Crippen molar-refractivity contribution in [3.05, 3.63) is 30.3 Å². The molecule has 2 aromatic heterocycles. The van der Waals surface area contributed by atoms with Crippen LogP contribution in [0.15, 0.2) is 30.3 Å². The SMILES string of the molecule is CCN1CCN(C(=O)CN(C)c2nn3c(NC(C)(C)C)c(-c4ccccc4)nc3s2)CC1. The first kappa shape index (κ1) is 22.5. The molecule has 1 fully saturated rings. The Bertz CT molecular complexity index is 1060. The monoisotopic (exact) mass is 455 g/mol. The maximum atomic E-state index is 12.8. The van der Waals surface area contributed by atoms with Crippen LogP contribution in [-0.4, -0.2) is 82.2 Å². The van der Waals surface area contributed by atoms with E-state index in [0.717, 1.165) is 59.9 Å². The van der Waals surface area contributed by atoms with Crippen LogP contribution in [0.2, 0.25) is 0 Å². The van der Waals surface area contributed by atoms with Crippen molar-refractivity contribution in [2.45, 2.75) is 33.2 Å². The van der Waals surface area contributed by atoms with Gasteiger partial charge in [0.05, 0.1) is 6.54 Å². The third-order valence-electron chi connectivity index (χ3n) is 5.60. The highest BCUT2D eigenvalue weighted by molar-refractivity contribution is 7.20. The largest absolute Gasteiger partial charge is 0.364 e. The van der Waals surface area contributed by atoms with Gasteiger partial charge in [0.25, 0.3) is 0 Å². The fourth-order valence-corrected chi connectivity index (χ4v) is 4.70. The van der Waals surface area contributed by atoms with Gasteiger partial charge in [0.2, 0.25) is 16.0 Å². The number of amides is 1. The summed E-state index contributed by atoms with van der Waals surface area (Å²) in [5.74, 6) is 1.02. The van der Waals surface area contributed by atoms with E-state index in [9.17, 15) is 4.79 Å². The van der Waals surface area contributed by atoms with Crippen molar-refractivity contribution >= 4 is 33.2 Å². The lowest BCUT2D eigenvalue weighted by atomic mass is 10.1. The number of nitrogens with one attached hydrogen (secondary N) is 1. The second kappa shape index (κ2) is 9.07. The molecule has 3 heterocycles. The normalized spacial score (nSPS) is 15.3. The number of piperazine rings is 1. The first-order chi connectivity index (χ1) is 15.2. The first-order valence-corrected chi connectivity index (χ1v) is 12.0. The molecule has 1 N–H and O–H groups in total. The highest BCUT2D eigenvalue weighted by Crippen LogP contribution is 2.34. The van der Waals surface area contributed by atoms with Gasteiger partial charge in [-0.05, 0) is 27.3 Å². The van der Waals surface area contributed by atoms with E-state index in [1.54, 1.807) is 0 Å². The van der Waals surface area contributed by atoms with E-state index in [0.29, 0.717) is 6.54 Å². The molecule has 1 aliphatic rings. The van der Waals surface area contributed by atoms with Gasteiger partial charge >= 0.3 is 0 Å². The molecule has 0 bridgehead atoms. The van der Waals surface area contributed by atoms with E-state index in [4.69, 9.17) is 10.1 Å². The molecule has 3 aromatic rings. The van der Waals surface area contributed by atoms with Gasteiger partial charge in [0.1, 0.15) is 5.69 Å². The number of hydrogen-bond donors (Lipinski definition) is 1. The second-order valence-corrected chi connectivity index (χ2v) is 10.2. The van der Waals surface area contributed by atoms with Crippen molar-refractivity contribution in [1.82, 2.24) is 24.4 Å². The maximum absolute atomic E-state index is 12.8. The van der Waals surface area contributed by atoms with Crippen molar-refractivity contribution < 1.29 is 4.79 Å². The molecule has 1 aromatic carbocycles. The van der Waals surface area contributed by atoms with Gasteiger partial charge in [-0.2, -0.15) is 4.52 Å². The molecule has 4 rings (SSSR count). The number of nitrogens with zero attached hydrogens (tertiary/aromatic N) is 6. The average Bonchev–Trinajstić information content (AvgIpc) is 3.33. The number of aromatic nitrogens is 3. The van der Waals surface area contributed by atoms with E-state index in [1.165, 1.54) is 11.3 Å². The maximum Gasteiger partial charge on any atom is 0.242 e. The molecule has 0 spiro atoms. The molecule has 1 saturated heterocycles. The van der Waals surface area contributed by atoms with E-state index >= 15 is 0 Å². The fraction of sp³-hybridized carbons (Fsp3) is 0.522. The standard InChI is InChI=1S/C23H33N7OS/c1-6-28-12-14-29(15-13-28)18(31)16-27(5)22-26-30-20(25-23(2,3)4)19(24-21(30)32-22)17-10-8-7-9-11-17/h7-11,25H,6,12-16H2,1-5H3. The molecule has 32 heavy (non-hydrogen) atoms. The minimum absolute atomic E-state index is 0.147. The highest BCUT2D eigenvalue weighted by atomic mass is 32.1. The summed E-state index contributed by atoms with van der Waals surface area (Å²) >= 11 is 1.50. The van der Waals surface area contributed by atoms with Crippen LogP contribution in [0.3, 0.4) is 0 Å². The van der Waals surface area contributed by atoms with Crippen LogP contribution in [0.5, 0.6) is 0 Å². The first-order valence-electron chi connectivity index (χ1n) is 11.2. The van der Waals surface area contributed by atoms with Crippen LogP contribution in [0.25, 0.3) is 16.2 Å². The second-order valence-electron chi connectivity index (χ2n) is 9.30. The molecule has 8 nitrogen and oxygen atoms in total. The van der Waals surface area contributed by atoms with Crippen LogP contribution >= 0.6 is 11.3 Å². The summed E-state index contributed by atoms with van der Waals surface area (Å²) in [7, 11) is 1.92. The Kier molecular flexibility index (Phi) is 6.39. The number of imidazole rings is 1. The van der Waals surface area contributed by atoms with Gasteiger partial charge in [-0.25, -0.2) is 4.98 Å². The molecule has 172 valence electrons. The Morgan fingerprint density at radius 3 is 2.47 bits per heavy atom. The van der Waals surface area contributed by atoms with Crippen LogP contribution in [-0.2, 0) is 4.79 Å². The van der Waals surface area contributed by atoms with Crippen molar-refractivity contribution in [1.29, 1.82) is 0 Å². The van der Waals surface area contributed by atoms with E-state index < -0.39 is 0 Å². The number of likely N-dealkylation sites (N-methyl/N-ethyl adjacent to an activating group) is 2. The van der Waals surface area contributed by atoms with Crippen molar-refractivity contribution in [3.63, 3.8) is 0 Å². The summed E-state index contributed by atoms with van der Waals surface area (Å²) in [5.41, 5.74) is 1.79. The van der Waals surface area contributed by atoms with Crippen LogP contribution in [0.4, 0.5) is 10.9 Å². The zero-order chi connectivity index (χ0) is 22.9. The summed E-state index contributed by atoms with van der Waals surface area (Å²) in [6, 6.07) is 10.2. The number of anilines is 2. The van der Waals surface area contributed by atoms with E-state index in [2.05, 4.69) is 50.0 Å². The third kappa shape index (κ3) is 4.88. The number of hydrogen-bond acceptors (Lipinski definition) is 7. The molecule has 0 unspecified atom stereocenters. The fourth-order valence-electron chi connectivity index (χ4n) is 3.84. The van der Waals surface area contributed by atoms with Crippen LogP contribution < -0.4 is 10.2 Å². The number of fused-ring (bicyclic) bond motifs is 1. The zero-order valence-corrected chi connectivity index (χ0v) is 20.4. The molecular weight excluding hydrogens is 422 g/mol. The van der Waals surface area contributed by atoms with E-state index in [1.807, 2.05) is 39.6 Å². The molecule has 0 radical (unpaired) electrons. The minimum atomic E-state index is -0.147. The number of benzene rings is 1. The molecular formula is C23H33N7OS. The lowest BCUT2D eigenvalue weighted by molar-refractivity contribution is -0.131. The molecule has 0 saturated carbocycles. The third-order valence-corrected chi connectivity index (χ3v) is 6.63. The number of carbonyl (C=O) groups excluding carboxylic acids is 1. The highest BCUT2D eigenvalue weighted by Gasteiger charge is 2.25. The lowest BCUT2D eigenvalue weighted by Gasteiger charge is -2.34. The molecule has 0 aliphatic carbocycles. The zero-order valence-electron chi connectivity index (χ0n) is 19.6. The van der Waals surface area contributed by atoms with Crippen molar-refractivity contribution in [2.24, 2.45) is 0 Å². The summed E-state index contributed by atoms with van der Waals surface area (Å²) < 4.78 is 1.87. The Labute approximate surface area is 193 Å². The number of rotatable bonds is 6. The summed E-state index contributed by atoms with van der Waals surface area (Å²) in [4.78, 5) is 24.8. The Morgan fingerprint density at radius 1 is 1.16 bits per heavy atom. The Morgan fingerprint density at radius 2 is 1.84 bits per heavy atom. The van der Waals surface area contributed by atoms with Gasteiger partial charge in [-0.1, -0.05) is 48.6 Å². The predicted octanol–water partition coefficient (Wildman–Crippen LogP) is 3.27.